The second-order valence-electron chi connectivity index (χ2n) is 7.89. The van der Waals surface area contributed by atoms with Crippen LogP contribution in [0.3, 0.4) is 0 Å². The van der Waals surface area contributed by atoms with Crippen LogP contribution in [0.5, 0.6) is 11.5 Å². The summed E-state index contributed by atoms with van der Waals surface area (Å²) in [5, 5.41) is 18.9. The third kappa shape index (κ3) is 4.68. The molecule has 1 aromatic heterocycles. The predicted molar refractivity (Wildman–Crippen MR) is 136 cm³/mol. The molecule has 0 atom stereocenters. The molecule has 5 rings (SSSR count). The Morgan fingerprint density at radius 2 is 1.83 bits per heavy atom. The first-order valence-corrected chi connectivity index (χ1v) is 11.9. The highest BCUT2D eigenvalue weighted by Crippen LogP contribution is 2.37. The van der Waals surface area contributed by atoms with Gasteiger partial charge in [-0.1, -0.05) is 35.9 Å². The Bertz CT molecular complexity index is 1540. The topological polar surface area (TPSA) is 91.2 Å². The Kier molecular flexibility index (Phi) is 6.10. The number of ether oxygens (including phenoxy) is 2. The molecule has 1 aliphatic rings. The average molecular weight is 507 g/mol. The van der Waals surface area contributed by atoms with Crippen molar-refractivity contribution in [1.82, 2.24) is 4.68 Å². The van der Waals surface area contributed by atoms with Crippen LogP contribution in [0.15, 0.2) is 70.1 Å². The number of aromatic nitrogens is 1. The minimum Gasteiger partial charge on any atom is -0.454 e. The molecule has 0 radical (unpaired) electrons. The molecule has 4 aromatic rings. The van der Waals surface area contributed by atoms with Gasteiger partial charge < -0.3 is 9.47 Å². The Hall–Kier alpha value is -3.95. The number of hydrogen-bond donors (Lipinski definition) is 0. The van der Waals surface area contributed by atoms with Crippen LogP contribution in [0, 0.1) is 24.0 Å². The summed E-state index contributed by atoms with van der Waals surface area (Å²) in [5.74, 6) is 0.773. The van der Waals surface area contributed by atoms with Gasteiger partial charge in [-0.25, -0.2) is 9.67 Å². The minimum absolute atomic E-state index is 0.0198. The van der Waals surface area contributed by atoms with Gasteiger partial charge in [0.2, 0.25) is 11.6 Å². The summed E-state index contributed by atoms with van der Waals surface area (Å²) in [7, 11) is 0. The van der Waals surface area contributed by atoms with Crippen LogP contribution in [0.25, 0.3) is 11.3 Å². The van der Waals surface area contributed by atoms with E-state index in [0.29, 0.717) is 21.3 Å². The fourth-order valence-corrected chi connectivity index (χ4v) is 4.55. The molecule has 3 aromatic carbocycles. The molecule has 35 heavy (non-hydrogen) atoms. The summed E-state index contributed by atoms with van der Waals surface area (Å²) >= 11 is 7.50. The van der Waals surface area contributed by atoms with Crippen LogP contribution >= 0.6 is 22.9 Å². The number of nitrogens with zero attached hydrogens (tertiary/aromatic N) is 4. The smallest absolute Gasteiger partial charge is 0.282 e. The largest absolute Gasteiger partial charge is 0.454 e. The number of fused-ring (bicyclic) bond motifs is 1. The van der Waals surface area contributed by atoms with E-state index in [9.17, 15) is 10.1 Å². The van der Waals surface area contributed by atoms with Gasteiger partial charge in [0.05, 0.1) is 34.1 Å². The van der Waals surface area contributed by atoms with Gasteiger partial charge in [0.15, 0.2) is 11.5 Å². The normalized spacial score (nSPS) is 13.1. The minimum atomic E-state index is -0.469. The Labute approximate surface area is 209 Å². The van der Waals surface area contributed by atoms with E-state index < -0.39 is 4.92 Å². The number of nitro groups is 1. The van der Waals surface area contributed by atoms with Crippen LogP contribution in [0.1, 0.15) is 16.7 Å². The molecule has 0 spiro atoms. The third-order valence-corrected chi connectivity index (χ3v) is 6.51. The van der Waals surface area contributed by atoms with E-state index in [1.54, 1.807) is 22.9 Å². The first-order chi connectivity index (χ1) is 16.9. The molecular formula is C25H19ClN4O4S. The molecular weight excluding hydrogens is 488 g/mol. The van der Waals surface area contributed by atoms with Crippen molar-refractivity contribution in [3.05, 3.63) is 96.6 Å². The van der Waals surface area contributed by atoms with E-state index >= 15 is 0 Å². The van der Waals surface area contributed by atoms with E-state index in [-0.39, 0.29) is 18.0 Å². The van der Waals surface area contributed by atoms with Crippen molar-refractivity contribution in [2.45, 2.75) is 13.8 Å². The summed E-state index contributed by atoms with van der Waals surface area (Å²) in [6.07, 6.45) is 1.44. The molecule has 0 bridgehead atoms. The van der Waals surface area contributed by atoms with E-state index in [1.807, 2.05) is 49.6 Å². The Balaban J connectivity index is 1.67. The highest BCUT2D eigenvalue weighted by Gasteiger charge is 2.22. The molecule has 0 unspecified atom stereocenters. The Morgan fingerprint density at radius 1 is 1.09 bits per heavy atom. The van der Waals surface area contributed by atoms with Crippen molar-refractivity contribution >= 4 is 40.5 Å². The Morgan fingerprint density at radius 3 is 2.57 bits per heavy atom. The zero-order chi connectivity index (χ0) is 24.5. The zero-order valence-corrected chi connectivity index (χ0v) is 20.3. The molecule has 10 heteroatoms. The van der Waals surface area contributed by atoms with Crippen LogP contribution < -0.4 is 14.3 Å². The summed E-state index contributed by atoms with van der Waals surface area (Å²) < 4.78 is 12.4. The number of thiazole rings is 1. The second kappa shape index (κ2) is 9.36. The lowest BCUT2D eigenvalue weighted by molar-refractivity contribution is -0.385. The molecule has 1 aliphatic heterocycles. The quantitative estimate of drug-likeness (QED) is 0.182. The predicted octanol–water partition coefficient (Wildman–Crippen LogP) is 6.24. The first kappa shape index (κ1) is 22.8. The highest BCUT2D eigenvalue weighted by molar-refractivity contribution is 7.07. The summed E-state index contributed by atoms with van der Waals surface area (Å²) in [6, 6.07) is 16.3. The van der Waals surface area contributed by atoms with Crippen molar-refractivity contribution in [1.29, 1.82) is 0 Å². The van der Waals surface area contributed by atoms with Crippen LogP contribution in [0.4, 0.5) is 11.4 Å². The lowest BCUT2D eigenvalue weighted by Crippen LogP contribution is -2.12. The molecule has 0 fully saturated rings. The van der Waals surface area contributed by atoms with Crippen LogP contribution in [0.2, 0.25) is 5.02 Å². The van der Waals surface area contributed by atoms with Gasteiger partial charge in [-0.3, -0.25) is 10.1 Å². The van der Waals surface area contributed by atoms with E-state index in [2.05, 4.69) is 5.10 Å². The van der Waals surface area contributed by atoms with Gasteiger partial charge in [0.1, 0.15) is 0 Å². The average Bonchev–Trinajstić information content (AvgIpc) is 3.46. The van der Waals surface area contributed by atoms with Gasteiger partial charge >= 0.3 is 0 Å². The van der Waals surface area contributed by atoms with Gasteiger partial charge in [-0.15, -0.1) is 11.3 Å². The van der Waals surface area contributed by atoms with Gasteiger partial charge in [-0.05, 0) is 49.2 Å². The SMILES string of the molecule is Cc1ccc(C)c(N=c2scc(-c3ccc(Cl)cc3)n2N=Cc2cc3c(cc2[N+](=O)[O-])OCO3)c1. The lowest BCUT2D eigenvalue weighted by Gasteiger charge is -2.05. The molecule has 8 nitrogen and oxygen atoms in total. The molecule has 0 saturated heterocycles. The van der Waals surface area contributed by atoms with Crippen molar-refractivity contribution in [3.63, 3.8) is 0 Å². The standard InChI is InChI=1S/C25H19ClN4O4S/c1-15-3-4-16(2)20(9-15)28-25-29(22(13-35-25)17-5-7-19(26)8-6-17)27-12-18-10-23-24(34-14-33-23)11-21(18)30(31)32/h3-13H,14H2,1-2H3. The molecule has 0 aliphatic carbocycles. The van der Waals surface area contributed by atoms with Crippen LogP contribution in [-0.4, -0.2) is 22.6 Å². The fourth-order valence-electron chi connectivity index (χ4n) is 3.58. The first-order valence-electron chi connectivity index (χ1n) is 10.6. The third-order valence-electron chi connectivity index (χ3n) is 5.44. The van der Waals surface area contributed by atoms with E-state index in [1.165, 1.54) is 23.6 Å². The monoisotopic (exact) mass is 506 g/mol. The number of aryl methyl sites for hydroxylation is 2. The van der Waals surface area contributed by atoms with Crippen molar-refractivity contribution in [2.24, 2.45) is 10.1 Å². The zero-order valence-electron chi connectivity index (χ0n) is 18.8. The number of nitro benzene ring substituents is 1. The summed E-state index contributed by atoms with van der Waals surface area (Å²) in [5.41, 5.74) is 4.76. The van der Waals surface area contributed by atoms with Crippen molar-refractivity contribution in [2.75, 3.05) is 6.79 Å². The van der Waals surface area contributed by atoms with Gasteiger partial charge in [0, 0.05) is 16.0 Å². The maximum Gasteiger partial charge on any atom is 0.282 e. The number of hydrogen-bond acceptors (Lipinski definition) is 7. The maximum absolute atomic E-state index is 11.7. The maximum atomic E-state index is 11.7. The van der Waals surface area contributed by atoms with Gasteiger partial charge in [-0.2, -0.15) is 5.10 Å². The van der Waals surface area contributed by atoms with Crippen molar-refractivity contribution in [3.8, 4) is 22.8 Å². The molecule has 0 amide bonds. The second-order valence-corrected chi connectivity index (χ2v) is 9.16. The molecule has 0 N–H and O–H groups in total. The number of rotatable bonds is 5. The summed E-state index contributed by atoms with van der Waals surface area (Å²) in [4.78, 5) is 16.7. The number of benzene rings is 3. The molecule has 2 heterocycles. The highest BCUT2D eigenvalue weighted by atomic mass is 35.5. The van der Waals surface area contributed by atoms with E-state index in [4.69, 9.17) is 26.1 Å². The summed E-state index contributed by atoms with van der Waals surface area (Å²) in [6.45, 7) is 4.03. The fraction of sp³-hybridized carbons (Fsp3) is 0.120. The van der Waals surface area contributed by atoms with E-state index in [0.717, 1.165) is 28.1 Å². The molecule has 176 valence electrons. The van der Waals surface area contributed by atoms with Crippen molar-refractivity contribution < 1.29 is 14.4 Å². The number of halogens is 1. The van der Waals surface area contributed by atoms with Crippen LogP contribution in [-0.2, 0) is 0 Å². The lowest BCUT2D eigenvalue weighted by atomic mass is 10.1. The van der Waals surface area contributed by atoms with Gasteiger partial charge in [0.25, 0.3) is 5.69 Å². The molecule has 0 saturated carbocycles.